The van der Waals surface area contributed by atoms with Crippen LogP contribution in [0.15, 0.2) is 18.3 Å². The van der Waals surface area contributed by atoms with Crippen LogP contribution in [0.4, 0.5) is 5.82 Å². The number of hydrogen-bond acceptors (Lipinski definition) is 4. The van der Waals surface area contributed by atoms with Gasteiger partial charge in [-0.1, -0.05) is 6.92 Å². The maximum absolute atomic E-state index is 12.5. The largest absolute Gasteiger partial charge is 0.370 e. The average Bonchev–Trinajstić information content (AvgIpc) is 3.38. The highest BCUT2D eigenvalue weighted by Gasteiger charge is 2.32. The van der Waals surface area contributed by atoms with Crippen molar-refractivity contribution in [1.82, 2.24) is 14.8 Å². The third-order valence-corrected chi connectivity index (χ3v) is 4.23. The summed E-state index contributed by atoms with van der Waals surface area (Å²) in [6.07, 6.45) is 5.43. The Bertz CT molecular complexity index is 476. The summed E-state index contributed by atoms with van der Waals surface area (Å²) < 4.78 is 0. The number of piperazine rings is 1. The second kappa shape index (κ2) is 6.43. The molecule has 1 N–H and O–H groups in total. The molecule has 2 fully saturated rings. The molecule has 3 rings (SSSR count). The van der Waals surface area contributed by atoms with Crippen LogP contribution in [0.25, 0.3) is 0 Å². The van der Waals surface area contributed by atoms with Gasteiger partial charge in [-0.3, -0.25) is 9.69 Å². The Kier molecular flexibility index (Phi) is 4.39. The molecule has 1 saturated heterocycles. The molecule has 0 unspecified atom stereocenters. The summed E-state index contributed by atoms with van der Waals surface area (Å²) in [5.74, 6) is 0.951. The molecule has 1 aliphatic heterocycles. The van der Waals surface area contributed by atoms with Crippen molar-refractivity contribution in [2.75, 3.05) is 38.0 Å². The molecule has 1 amide bonds. The number of carbonyl (C=O) groups excluding carboxylic acids is 1. The molecule has 1 aliphatic carbocycles. The quantitative estimate of drug-likeness (QED) is 0.898. The normalized spacial score (nSPS) is 19.6. The fourth-order valence-corrected chi connectivity index (χ4v) is 2.79. The van der Waals surface area contributed by atoms with E-state index in [1.54, 1.807) is 6.20 Å². The number of nitrogens with zero attached hydrogens (tertiary/aromatic N) is 3. The minimum absolute atomic E-state index is 0.111. The van der Waals surface area contributed by atoms with Gasteiger partial charge in [-0.2, -0.15) is 0 Å². The van der Waals surface area contributed by atoms with Crippen LogP contribution in [0.5, 0.6) is 0 Å². The molecule has 0 atom stereocenters. The van der Waals surface area contributed by atoms with E-state index in [9.17, 15) is 4.79 Å². The fourth-order valence-electron chi connectivity index (χ4n) is 2.79. The van der Waals surface area contributed by atoms with E-state index in [-0.39, 0.29) is 5.91 Å². The Labute approximate surface area is 126 Å². The smallest absolute Gasteiger partial charge is 0.255 e. The van der Waals surface area contributed by atoms with Gasteiger partial charge in [0.2, 0.25) is 0 Å². The Morgan fingerprint density at radius 1 is 1.29 bits per heavy atom. The van der Waals surface area contributed by atoms with E-state index in [0.717, 1.165) is 51.0 Å². The molecule has 0 spiro atoms. The number of carbonyl (C=O) groups is 1. The van der Waals surface area contributed by atoms with Crippen molar-refractivity contribution in [3.63, 3.8) is 0 Å². The maximum atomic E-state index is 12.5. The number of anilines is 1. The van der Waals surface area contributed by atoms with Crippen LogP contribution in [0.1, 0.15) is 36.5 Å². The molecule has 0 radical (unpaired) electrons. The van der Waals surface area contributed by atoms with Crippen LogP contribution < -0.4 is 5.32 Å². The van der Waals surface area contributed by atoms with Crippen LogP contribution in [0.2, 0.25) is 0 Å². The first kappa shape index (κ1) is 14.3. The predicted octanol–water partition coefficient (Wildman–Crippen LogP) is 1.82. The number of pyridine rings is 1. The van der Waals surface area contributed by atoms with E-state index in [1.165, 1.54) is 12.8 Å². The molecule has 5 heteroatoms. The van der Waals surface area contributed by atoms with Gasteiger partial charge in [0.05, 0.1) is 5.56 Å². The Balaban J connectivity index is 1.54. The number of nitrogens with one attached hydrogen (secondary N) is 1. The van der Waals surface area contributed by atoms with Crippen LogP contribution in [0.3, 0.4) is 0 Å². The molecule has 0 aromatic carbocycles. The second-order valence-electron chi connectivity index (χ2n) is 5.92. The lowest BCUT2D eigenvalue weighted by atomic mass is 10.2. The van der Waals surface area contributed by atoms with Crippen molar-refractivity contribution >= 4 is 11.7 Å². The molecule has 2 aliphatic rings. The SMILES string of the molecule is CCCNc1ccc(C(=O)N2CCN(C3CC3)CC2)cn1. The molecule has 0 bridgehead atoms. The third kappa shape index (κ3) is 3.53. The van der Waals surface area contributed by atoms with Crippen molar-refractivity contribution in [1.29, 1.82) is 0 Å². The van der Waals surface area contributed by atoms with E-state index in [4.69, 9.17) is 0 Å². The lowest BCUT2D eigenvalue weighted by molar-refractivity contribution is 0.0627. The minimum atomic E-state index is 0.111. The molecule has 114 valence electrons. The first-order valence-corrected chi connectivity index (χ1v) is 8.01. The van der Waals surface area contributed by atoms with Gasteiger partial charge in [0.1, 0.15) is 5.82 Å². The predicted molar refractivity (Wildman–Crippen MR) is 83.5 cm³/mol. The Morgan fingerprint density at radius 2 is 2.05 bits per heavy atom. The molecule has 2 heterocycles. The third-order valence-electron chi connectivity index (χ3n) is 4.23. The van der Waals surface area contributed by atoms with Crippen LogP contribution >= 0.6 is 0 Å². The van der Waals surface area contributed by atoms with Gasteiger partial charge < -0.3 is 10.2 Å². The van der Waals surface area contributed by atoms with Gasteiger partial charge in [0.15, 0.2) is 0 Å². The zero-order chi connectivity index (χ0) is 14.7. The highest BCUT2D eigenvalue weighted by atomic mass is 16.2. The molecule has 1 aromatic heterocycles. The highest BCUT2D eigenvalue weighted by molar-refractivity contribution is 5.94. The average molecular weight is 288 g/mol. The van der Waals surface area contributed by atoms with Gasteiger partial charge >= 0.3 is 0 Å². The first-order valence-electron chi connectivity index (χ1n) is 8.01. The molecular formula is C16H24N4O. The summed E-state index contributed by atoms with van der Waals surface area (Å²) in [6, 6.07) is 4.57. The van der Waals surface area contributed by atoms with E-state index >= 15 is 0 Å². The molecule has 21 heavy (non-hydrogen) atoms. The second-order valence-corrected chi connectivity index (χ2v) is 5.92. The Hall–Kier alpha value is -1.62. The van der Waals surface area contributed by atoms with Crippen molar-refractivity contribution in [3.05, 3.63) is 23.9 Å². The van der Waals surface area contributed by atoms with Crippen LogP contribution in [0, 0.1) is 0 Å². The maximum Gasteiger partial charge on any atom is 0.255 e. The first-order chi connectivity index (χ1) is 10.3. The van der Waals surface area contributed by atoms with Crippen LogP contribution in [-0.4, -0.2) is 59.5 Å². The Morgan fingerprint density at radius 3 is 2.62 bits per heavy atom. The molecule has 1 saturated carbocycles. The molecular weight excluding hydrogens is 264 g/mol. The fraction of sp³-hybridized carbons (Fsp3) is 0.625. The standard InChI is InChI=1S/C16H24N4O/c1-2-7-17-15-6-3-13(12-18-15)16(21)20-10-8-19(9-11-20)14-4-5-14/h3,6,12,14H,2,4-5,7-11H2,1H3,(H,17,18). The van der Waals surface area contributed by atoms with E-state index in [0.29, 0.717) is 5.56 Å². The topological polar surface area (TPSA) is 48.5 Å². The van der Waals surface area contributed by atoms with Crippen molar-refractivity contribution in [2.45, 2.75) is 32.2 Å². The van der Waals surface area contributed by atoms with Gasteiger partial charge in [-0.05, 0) is 31.4 Å². The van der Waals surface area contributed by atoms with Gasteiger partial charge in [0.25, 0.3) is 5.91 Å². The van der Waals surface area contributed by atoms with Crippen LogP contribution in [-0.2, 0) is 0 Å². The summed E-state index contributed by atoms with van der Waals surface area (Å²) >= 11 is 0. The number of amides is 1. The lowest BCUT2D eigenvalue weighted by Gasteiger charge is -2.34. The van der Waals surface area contributed by atoms with Crippen molar-refractivity contribution in [3.8, 4) is 0 Å². The zero-order valence-electron chi connectivity index (χ0n) is 12.7. The van der Waals surface area contributed by atoms with Crippen molar-refractivity contribution < 1.29 is 4.79 Å². The summed E-state index contributed by atoms with van der Waals surface area (Å²) in [5.41, 5.74) is 0.692. The number of aromatic nitrogens is 1. The lowest BCUT2D eigenvalue weighted by Crippen LogP contribution is -2.49. The zero-order valence-corrected chi connectivity index (χ0v) is 12.7. The monoisotopic (exact) mass is 288 g/mol. The molecule has 1 aromatic rings. The molecule has 5 nitrogen and oxygen atoms in total. The summed E-state index contributed by atoms with van der Waals surface area (Å²) in [5, 5.41) is 3.22. The van der Waals surface area contributed by atoms with E-state index < -0.39 is 0 Å². The number of hydrogen-bond donors (Lipinski definition) is 1. The highest BCUT2D eigenvalue weighted by Crippen LogP contribution is 2.27. The van der Waals surface area contributed by atoms with Gasteiger partial charge in [-0.25, -0.2) is 4.98 Å². The minimum Gasteiger partial charge on any atom is -0.370 e. The summed E-state index contributed by atoms with van der Waals surface area (Å²) in [4.78, 5) is 21.2. The van der Waals surface area contributed by atoms with Gasteiger partial charge in [0, 0.05) is 45.0 Å². The van der Waals surface area contributed by atoms with Crippen molar-refractivity contribution in [2.24, 2.45) is 0 Å². The number of rotatable bonds is 5. The van der Waals surface area contributed by atoms with E-state index in [1.807, 2.05) is 17.0 Å². The van der Waals surface area contributed by atoms with E-state index in [2.05, 4.69) is 22.1 Å². The summed E-state index contributed by atoms with van der Waals surface area (Å²) in [7, 11) is 0. The van der Waals surface area contributed by atoms with Gasteiger partial charge in [-0.15, -0.1) is 0 Å². The summed E-state index contributed by atoms with van der Waals surface area (Å²) in [6.45, 7) is 6.73.